The summed E-state index contributed by atoms with van der Waals surface area (Å²) in [6, 6.07) is 19.1. The molecule has 7 nitrogen and oxygen atoms in total. The highest BCUT2D eigenvalue weighted by atomic mass is 32.1. The number of rotatable bonds is 8. The number of fused-ring (bicyclic) bond motifs is 1. The van der Waals surface area contributed by atoms with E-state index in [4.69, 9.17) is 9.47 Å². The van der Waals surface area contributed by atoms with Crippen molar-refractivity contribution < 1.29 is 14.3 Å². The first-order chi connectivity index (χ1) is 15.2. The second-order valence-corrected chi connectivity index (χ2v) is 7.75. The molecular formula is C23H22N4O3S. The van der Waals surface area contributed by atoms with Crippen LogP contribution in [0.3, 0.4) is 0 Å². The molecule has 0 aliphatic carbocycles. The van der Waals surface area contributed by atoms with Crippen molar-refractivity contribution in [2.24, 2.45) is 0 Å². The third kappa shape index (κ3) is 4.99. The smallest absolute Gasteiger partial charge is 0.269 e. The SMILES string of the molecule is CNC(=O)c1cc(Oc2ccc3nc(NCC(OC)c4ccccc4)sc3c2)ccn1. The number of benzene rings is 2. The van der Waals surface area contributed by atoms with E-state index >= 15 is 0 Å². The average molecular weight is 435 g/mol. The van der Waals surface area contributed by atoms with Crippen molar-refractivity contribution in [2.45, 2.75) is 6.10 Å². The van der Waals surface area contributed by atoms with Gasteiger partial charge in [0.1, 0.15) is 17.2 Å². The second kappa shape index (κ2) is 9.55. The van der Waals surface area contributed by atoms with E-state index in [1.54, 1.807) is 43.8 Å². The molecule has 2 N–H and O–H groups in total. The van der Waals surface area contributed by atoms with E-state index in [1.807, 2.05) is 48.5 Å². The Bertz CT molecular complexity index is 1180. The number of anilines is 1. The van der Waals surface area contributed by atoms with Gasteiger partial charge in [0.05, 0.1) is 16.3 Å². The number of ether oxygens (including phenoxy) is 2. The fraction of sp³-hybridized carbons (Fsp3) is 0.174. The summed E-state index contributed by atoms with van der Waals surface area (Å²) in [5.74, 6) is 0.946. The van der Waals surface area contributed by atoms with Gasteiger partial charge in [0.2, 0.25) is 0 Å². The van der Waals surface area contributed by atoms with Gasteiger partial charge in [-0.3, -0.25) is 9.78 Å². The molecule has 0 spiro atoms. The van der Waals surface area contributed by atoms with E-state index in [1.165, 1.54) is 0 Å². The van der Waals surface area contributed by atoms with Crippen LogP contribution >= 0.6 is 11.3 Å². The maximum Gasteiger partial charge on any atom is 0.269 e. The van der Waals surface area contributed by atoms with E-state index in [0.29, 0.717) is 23.7 Å². The quantitative estimate of drug-likeness (QED) is 0.420. The molecule has 2 aromatic heterocycles. The third-order valence-electron chi connectivity index (χ3n) is 4.68. The van der Waals surface area contributed by atoms with Crippen LogP contribution < -0.4 is 15.4 Å². The van der Waals surface area contributed by atoms with Gasteiger partial charge in [-0.1, -0.05) is 41.7 Å². The zero-order valence-corrected chi connectivity index (χ0v) is 18.0. The lowest BCUT2D eigenvalue weighted by Gasteiger charge is -2.15. The van der Waals surface area contributed by atoms with Gasteiger partial charge in [0.15, 0.2) is 5.13 Å². The summed E-state index contributed by atoms with van der Waals surface area (Å²) in [6.07, 6.45) is 1.49. The highest BCUT2D eigenvalue weighted by Crippen LogP contribution is 2.31. The van der Waals surface area contributed by atoms with Crippen LogP contribution in [0.5, 0.6) is 11.5 Å². The van der Waals surface area contributed by atoms with Crippen LogP contribution in [0.15, 0.2) is 66.9 Å². The molecule has 0 fully saturated rings. The van der Waals surface area contributed by atoms with Crippen LogP contribution in [0.4, 0.5) is 5.13 Å². The molecule has 4 aromatic rings. The van der Waals surface area contributed by atoms with Crippen LogP contribution in [0, 0.1) is 0 Å². The van der Waals surface area contributed by atoms with E-state index in [9.17, 15) is 4.79 Å². The van der Waals surface area contributed by atoms with Crippen molar-refractivity contribution in [2.75, 3.05) is 26.0 Å². The number of methoxy groups -OCH3 is 1. The molecule has 0 radical (unpaired) electrons. The molecule has 158 valence electrons. The average Bonchev–Trinajstić information content (AvgIpc) is 3.22. The van der Waals surface area contributed by atoms with Crippen molar-refractivity contribution in [1.29, 1.82) is 0 Å². The molecule has 0 saturated carbocycles. The number of hydrogen-bond acceptors (Lipinski definition) is 7. The molecule has 0 bridgehead atoms. The highest BCUT2D eigenvalue weighted by molar-refractivity contribution is 7.22. The first-order valence-electron chi connectivity index (χ1n) is 9.74. The van der Waals surface area contributed by atoms with Crippen LogP contribution in [0.25, 0.3) is 10.2 Å². The lowest BCUT2D eigenvalue weighted by Crippen LogP contribution is -2.18. The Hall–Kier alpha value is -3.49. The van der Waals surface area contributed by atoms with Crippen molar-refractivity contribution in [3.8, 4) is 11.5 Å². The summed E-state index contributed by atoms with van der Waals surface area (Å²) in [7, 11) is 3.27. The molecule has 4 rings (SSSR count). The van der Waals surface area contributed by atoms with E-state index < -0.39 is 0 Å². The van der Waals surface area contributed by atoms with Gasteiger partial charge in [-0.25, -0.2) is 4.98 Å². The minimum absolute atomic E-state index is 0.0617. The zero-order valence-electron chi connectivity index (χ0n) is 17.2. The largest absolute Gasteiger partial charge is 0.457 e. The number of hydrogen-bond donors (Lipinski definition) is 2. The standard InChI is InChI=1S/C23H22N4O3S/c1-24-22(28)19-12-17(10-11-25-19)30-16-8-9-18-21(13-16)31-23(27-18)26-14-20(29-2)15-6-4-3-5-7-15/h3-13,20H,14H2,1-2H3,(H,24,28)(H,26,27). The van der Waals surface area contributed by atoms with E-state index in [-0.39, 0.29) is 12.0 Å². The van der Waals surface area contributed by atoms with Gasteiger partial charge in [-0.05, 0) is 23.8 Å². The molecule has 1 unspecified atom stereocenters. The lowest BCUT2D eigenvalue weighted by molar-refractivity contribution is 0.0958. The maximum absolute atomic E-state index is 11.8. The van der Waals surface area contributed by atoms with E-state index in [2.05, 4.69) is 20.6 Å². The molecule has 2 heterocycles. The Morgan fingerprint density at radius 3 is 2.68 bits per heavy atom. The first-order valence-corrected chi connectivity index (χ1v) is 10.6. The summed E-state index contributed by atoms with van der Waals surface area (Å²) < 4.78 is 12.5. The van der Waals surface area contributed by atoms with Gasteiger partial charge < -0.3 is 20.1 Å². The summed E-state index contributed by atoms with van der Waals surface area (Å²) >= 11 is 1.55. The monoisotopic (exact) mass is 434 g/mol. The van der Waals surface area contributed by atoms with Crippen molar-refractivity contribution in [3.05, 3.63) is 78.1 Å². The topological polar surface area (TPSA) is 85.4 Å². The number of aromatic nitrogens is 2. The van der Waals surface area contributed by atoms with Gasteiger partial charge >= 0.3 is 0 Å². The molecule has 31 heavy (non-hydrogen) atoms. The second-order valence-electron chi connectivity index (χ2n) is 6.72. The molecular weight excluding hydrogens is 412 g/mol. The molecule has 0 aliphatic rings. The lowest BCUT2D eigenvalue weighted by atomic mass is 10.1. The number of nitrogens with zero attached hydrogens (tertiary/aromatic N) is 2. The Balaban J connectivity index is 1.46. The summed E-state index contributed by atoms with van der Waals surface area (Å²) in [5, 5.41) is 6.74. The third-order valence-corrected chi connectivity index (χ3v) is 5.66. The molecule has 0 aliphatic heterocycles. The molecule has 2 aromatic carbocycles. The number of carbonyl (C=O) groups excluding carboxylic acids is 1. The highest BCUT2D eigenvalue weighted by Gasteiger charge is 2.12. The van der Waals surface area contributed by atoms with E-state index in [0.717, 1.165) is 20.9 Å². The Morgan fingerprint density at radius 1 is 1.10 bits per heavy atom. The normalized spacial score (nSPS) is 11.8. The van der Waals surface area contributed by atoms with Gasteiger partial charge in [-0.15, -0.1) is 0 Å². The van der Waals surface area contributed by atoms with Crippen LogP contribution in [-0.4, -0.2) is 36.6 Å². The molecule has 1 atom stereocenters. The summed E-state index contributed by atoms with van der Waals surface area (Å²) in [6.45, 7) is 0.614. The van der Waals surface area contributed by atoms with Gasteiger partial charge in [0, 0.05) is 39.0 Å². The number of carbonyl (C=O) groups is 1. The Morgan fingerprint density at radius 2 is 1.90 bits per heavy atom. The van der Waals surface area contributed by atoms with Crippen molar-refractivity contribution in [3.63, 3.8) is 0 Å². The predicted molar refractivity (Wildman–Crippen MR) is 122 cm³/mol. The Labute approximate surface area is 184 Å². The summed E-state index contributed by atoms with van der Waals surface area (Å²) in [4.78, 5) is 20.5. The van der Waals surface area contributed by atoms with Crippen molar-refractivity contribution >= 4 is 32.6 Å². The zero-order chi connectivity index (χ0) is 21.6. The number of pyridine rings is 1. The molecule has 0 saturated heterocycles. The fourth-order valence-corrected chi connectivity index (χ4v) is 3.99. The minimum atomic E-state index is -0.260. The van der Waals surface area contributed by atoms with Crippen molar-refractivity contribution in [1.82, 2.24) is 15.3 Å². The van der Waals surface area contributed by atoms with Gasteiger partial charge in [0.25, 0.3) is 5.91 Å². The van der Waals surface area contributed by atoms with Crippen LogP contribution in [-0.2, 0) is 4.74 Å². The minimum Gasteiger partial charge on any atom is -0.457 e. The Kier molecular flexibility index (Phi) is 6.40. The summed E-state index contributed by atoms with van der Waals surface area (Å²) in [5.41, 5.74) is 2.30. The number of thiazole rings is 1. The predicted octanol–water partition coefficient (Wildman–Crippen LogP) is 4.64. The number of amides is 1. The molecule has 1 amide bonds. The first kappa shape index (κ1) is 20.8. The van der Waals surface area contributed by atoms with Crippen LogP contribution in [0.1, 0.15) is 22.2 Å². The maximum atomic E-state index is 11.8. The fourth-order valence-electron chi connectivity index (χ4n) is 3.09. The molecule has 8 heteroatoms. The van der Waals surface area contributed by atoms with Crippen LogP contribution in [0.2, 0.25) is 0 Å². The number of nitrogens with one attached hydrogen (secondary N) is 2. The van der Waals surface area contributed by atoms with Gasteiger partial charge in [-0.2, -0.15) is 0 Å².